The number of benzene rings is 7. The smallest absolute Gasteiger partial charge is 0.408 e. The number of rotatable bonds is 10. The van der Waals surface area contributed by atoms with Crippen molar-refractivity contribution in [2.45, 2.75) is 45.1 Å². The van der Waals surface area contributed by atoms with Crippen LogP contribution < -0.4 is 5.46 Å². The second-order valence-electron chi connectivity index (χ2n) is 15.0. The van der Waals surface area contributed by atoms with Crippen molar-refractivity contribution in [1.82, 2.24) is 4.57 Å². The summed E-state index contributed by atoms with van der Waals surface area (Å²) < 4.78 is 15.0. The van der Waals surface area contributed by atoms with Crippen molar-refractivity contribution < 1.29 is 9.31 Å². The van der Waals surface area contributed by atoms with E-state index in [0.29, 0.717) is 6.61 Å². The normalized spacial score (nSPS) is 13.3. The molecule has 1 aromatic heterocycles. The summed E-state index contributed by atoms with van der Waals surface area (Å²) in [6.07, 6.45) is 0.897. The van der Waals surface area contributed by atoms with Crippen LogP contribution in [-0.4, -0.2) is 23.9 Å². The first-order chi connectivity index (χ1) is 26.4. The third-order valence-electron chi connectivity index (χ3n) is 11.5. The van der Waals surface area contributed by atoms with Gasteiger partial charge < -0.3 is 13.9 Å². The molecule has 0 fully saturated rings. The Morgan fingerprint density at radius 2 is 1.20 bits per heavy atom. The Hall–Kier alpha value is -5.68. The minimum atomic E-state index is -0.428. The minimum Gasteiger partial charge on any atom is -0.408 e. The van der Waals surface area contributed by atoms with Gasteiger partial charge in [0.05, 0.1) is 16.4 Å². The number of aromatic nitrogens is 1. The molecular formula is C50H44BNO2. The van der Waals surface area contributed by atoms with Gasteiger partial charge in [-0.25, -0.2) is 0 Å². The third-order valence-corrected chi connectivity index (χ3v) is 11.5. The van der Waals surface area contributed by atoms with Crippen LogP contribution in [0, 0.1) is 0 Å². The molecule has 0 bridgehead atoms. The molecule has 264 valence electrons. The molecule has 8 aromatic rings. The van der Waals surface area contributed by atoms with Crippen molar-refractivity contribution in [3.8, 4) is 27.9 Å². The van der Waals surface area contributed by atoms with Crippen LogP contribution >= 0.6 is 0 Å². The summed E-state index contributed by atoms with van der Waals surface area (Å²) in [5.74, 6) is 0. The standard InChI is InChI=1S/C50H44BNO2/c1-5-49(3,4)54-51(53-6-2)39-23-17-18-35(32-39)36-28-31-48-44(33-36)42-25-14-16-27-47(42)52(48)40-29-30-46-43(34-40)41-24-13-15-26-45(41)50(46,37-19-9-7-10-20-37)38-21-11-8-12-22-38/h7-34H,5-6H2,1-4H3. The van der Waals surface area contributed by atoms with E-state index in [4.69, 9.17) is 9.31 Å². The molecule has 1 heterocycles. The van der Waals surface area contributed by atoms with Gasteiger partial charge in [0.2, 0.25) is 0 Å². The molecule has 0 atom stereocenters. The summed E-state index contributed by atoms with van der Waals surface area (Å²) in [6, 6.07) is 62.4. The molecule has 0 radical (unpaired) electrons. The van der Waals surface area contributed by atoms with Crippen LogP contribution in [-0.2, 0) is 14.7 Å². The molecule has 3 nitrogen and oxygen atoms in total. The van der Waals surface area contributed by atoms with E-state index < -0.39 is 12.5 Å². The zero-order valence-electron chi connectivity index (χ0n) is 31.4. The fourth-order valence-corrected chi connectivity index (χ4v) is 8.59. The van der Waals surface area contributed by atoms with Crippen molar-refractivity contribution >= 4 is 34.4 Å². The van der Waals surface area contributed by atoms with Gasteiger partial charge in [-0.05, 0) is 107 Å². The molecule has 0 spiro atoms. The maximum Gasteiger partial charge on any atom is 0.494 e. The molecule has 0 saturated carbocycles. The molecule has 7 aromatic carbocycles. The highest BCUT2D eigenvalue weighted by Crippen LogP contribution is 2.56. The maximum atomic E-state index is 6.48. The lowest BCUT2D eigenvalue weighted by Crippen LogP contribution is -2.43. The van der Waals surface area contributed by atoms with E-state index in [1.807, 2.05) is 6.92 Å². The van der Waals surface area contributed by atoms with Gasteiger partial charge >= 0.3 is 7.12 Å². The van der Waals surface area contributed by atoms with Gasteiger partial charge in [-0.2, -0.15) is 0 Å². The zero-order valence-corrected chi connectivity index (χ0v) is 31.4. The molecule has 0 saturated heterocycles. The van der Waals surface area contributed by atoms with E-state index >= 15 is 0 Å². The summed E-state index contributed by atoms with van der Waals surface area (Å²) in [5, 5.41) is 2.46. The molecule has 9 rings (SSSR count). The van der Waals surface area contributed by atoms with Crippen molar-refractivity contribution in [3.05, 3.63) is 192 Å². The van der Waals surface area contributed by atoms with Crippen LogP contribution in [0.1, 0.15) is 56.4 Å². The fourth-order valence-electron chi connectivity index (χ4n) is 8.59. The predicted molar refractivity (Wildman–Crippen MR) is 226 cm³/mol. The first kappa shape index (κ1) is 34.1. The van der Waals surface area contributed by atoms with Gasteiger partial charge in [0.1, 0.15) is 0 Å². The molecule has 54 heavy (non-hydrogen) atoms. The average molecular weight is 702 g/mol. The van der Waals surface area contributed by atoms with Gasteiger partial charge in [-0.15, -0.1) is 0 Å². The first-order valence-corrected chi connectivity index (χ1v) is 19.2. The summed E-state index contributed by atoms with van der Waals surface area (Å²) in [6.45, 7) is 8.99. The Kier molecular flexibility index (Phi) is 8.61. The number of hydrogen-bond acceptors (Lipinski definition) is 2. The van der Waals surface area contributed by atoms with E-state index in [2.05, 4.69) is 195 Å². The molecular weight excluding hydrogens is 657 g/mol. The van der Waals surface area contributed by atoms with Gasteiger partial charge in [0.15, 0.2) is 0 Å². The van der Waals surface area contributed by atoms with Crippen LogP contribution in [0.3, 0.4) is 0 Å². The quantitative estimate of drug-likeness (QED) is 0.133. The summed E-state index contributed by atoms with van der Waals surface area (Å²) in [7, 11) is -0.428. The van der Waals surface area contributed by atoms with Crippen LogP contribution in [0.4, 0.5) is 0 Å². The Morgan fingerprint density at radius 1 is 0.556 bits per heavy atom. The van der Waals surface area contributed by atoms with E-state index in [9.17, 15) is 0 Å². The minimum absolute atomic E-state index is 0.291. The second kappa shape index (κ2) is 13.6. The fraction of sp³-hybridized carbons (Fsp3) is 0.160. The van der Waals surface area contributed by atoms with Crippen LogP contribution in [0.25, 0.3) is 49.7 Å². The number of nitrogens with zero attached hydrogens (tertiary/aromatic N) is 1. The molecule has 1 aliphatic rings. The van der Waals surface area contributed by atoms with Gasteiger partial charge in [0, 0.05) is 28.7 Å². The number of hydrogen-bond donors (Lipinski definition) is 0. The lowest BCUT2D eigenvalue weighted by molar-refractivity contribution is 0.0706. The summed E-state index contributed by atoms with van der Waals surface area (Å²) >= 11 is 0. The topological polar surface area (TPSA) is 23.4 Å². The molecule has 0 amide bonds. The van der Waals surface area contributed by atoms with E-state index in [1.54, 1.807) is 0 Å². The van der Waals surface area contributed by atoms with Gasteiger partial charge in [0.25, 0.3) is 0 Å². The Balaban J connectivity index is 1.20. The number of para-hydroxylation sites is 1. The van der Waals surface area contributed by atoms with Crippen LogP contribution in [0.15, 0.2) is 170 Å². The number of fused-ring (bicyclic) bond motifs is 6. The Bertz CT molecular complexity index is 2580. The lowest BCUT2D eigenvalue weighted by Gasteiger charge is -2.33. The SMILES string of the molecule is CCOB(OC(C)(C)CC)c1cccc(-c2ccc3c(c2)c2ccccc2n3-c2ccc3c(c2)-c2ccccc2C3(c2ccccc2)c2ccccc2)c1. The molecule has 0 N–H and O–H groups in total. The molecule has 0 unspecified atom stereocenters. The average Bonchev–Trinajstić information content (AvgIpc) is 3.71. The summed E-state index contributed by atoms with van der Waals surface area (Å²) in [4.78, 5) is 0. The van der Waals surface area contributed by atoms with Crippen molar-refractivity contribution in [3.63, 3.8) is 0 Å². The van der Waals surface area contributed by atoms with Gasteiger partial charge in [-0.1, -0.05) is 146 Å². The molecule has 1 aliphatic carbocycles. The predicted octanol–water partition coefficient (Wildman–Crippen LogP) is 11.8. The maximum absolute atomic E-state index is 6.48. The third kappa shape index (κ3) is 5.52. The largest absolute Gasteiger partial charge is 0.494 e. The lowest BCUT2D eigenvalue weighted by atomic mass is 9.68. The van der Waals surface area contributed by atoms with Crippen molar-refractivity contribution in [2.75, 3.05) is 6.61 Å². The first-order valence-electron chi connectivity index (χ1n) is 19.2. The van der Waals surface area contributed by atoms with Crippen molar-refractivity contribution in [2.24, 2.45) is 0 Å². The van der Waals surface area contributed by atoms with Crippen LogP contribution in [0.2, 0.25) is 0 Å². The second-order valence-corrected chi connectivity index (χ2v) is 15.0. The highest BCUT2D eigenvalue weighted by Gasteiger charge is 2.46. The zero-order chi connectivity index (χ0) is 36.9. The van der Waals surface area contributed by atoms with E-state index in [0.717, 1.165) is 28.7 Å². The monoisotopic (exact) mass is 701 g/mol. The molecule has 0 aliphatic heterocycles. The van der Waals surface area contributed by atoms with Crippen LogP contribution in [0.5, 0.6) is 0 Å². The summed E-state index contributed by atoms with van der Waals surface area (Å²) in [5.41, 5.74) is 13.9. The molecule has 4 heteroatoms. The highest BCUT2D eigenvalue weighted by molar-refractivity contribution is 6.61. The highest BCUT2D eigenvalue weighted by atomic mass is 16.6. The van der Waals surface area contributed by atoms with E-state index in [-0.39, 0.29) is 5.60 Å². The van der Waals surface area contributed by atoms with Crippen molar-refractivity contribution in [1.29, 1.82) is 0 Å². The van der Waals surface area contributed by atoms with E-state index in [1.165, 1.54) is 55.2 Å². The Labute approximate surface area is 319 Å². The Morgan fingerprint density at radius 3 is 1.94 bits per heavy atom. The van der Waals surface area contributed by atoms with Gasteiger partial charge in [-0.3, -0.25) is 0 Å².